The quantitative estimate of drug-likeness (QED) is 0.532. The fraction of sp³-hybridized carbons (Fsp3) is 0.625. The molecule has 1 aromatic rings. The Kier molecular flexibility index (Phi) is 6.75. The molecule has 0 atom stereocenters. The van der Waals surface area contributed by atoms with Gasteiger partial charge in [-0.2, -0.15) is 0 Å². The highest BCUT2D eigenvalue weighted by Gasteiger charge is 2.11. The van der Waals surface area contributed by atoms with Crippen LogP contribution >= 0.6 is 11.8 Å². The summed E-state index contributed by atoms with van der Waals surface area (Å²) in [7, 11) is 2.25. The first-order valence-electron chi connectivity index (χ1n) is 7.43. The van der Waals surface area contributed by atoms with E-state index in [1.54, 1.807) is 0 Å². The summed E-state index contributed by atoms with van der Waals surface area (Å²) in [6.45, 7) is 6.32. The second-order valence-corrected chi connectivity index (χ2v) is 6.54. The molecule has 1 aliphatic heterocycles. The van der Waals surface area contributed by atoms with Crippen LogP contribution in [-0.2, 0) is 0 Å². The van der Waals surface area contributed by atoms with Gasteiger partial charge in [-0.3, -0.25) is 0 Å². The fourth-order valence-electron chi connectivity index (χ4n) is 2.47. The van der Waals surface area contributed by atoms with Crippen molar-refractivity contribution in [3.05, 3.63) is 30.3 Å². The van der Waals surface area contributed by atoms with Crippen molar-refractivity contribution in [2.45, 2.75) is 24.2 Å². The monoisotopic (exact) mass is 278 g/mol. The molecule has 1 aliphatic rings. The average molecular weight is 278 g/mol. The van der Waals surface area contributed by atoms with Crippen LogP contribution in [0.4, 0.5) is 0 Å². The van der Waals surface area contributed by atoms with Crippen molar-refractivity contribution >= 4 is 11.8 Å². The highest BCUT2D eigenvalue weighted by molar-refractivity contribution is 7.99. The van der Waals surface area contributed by atoms with E-state index in [2.05, 4.69) is 47.2 Å². The van der Waals surface area contributed by atoms with Crippen molar-refractivity contribution in [2.24, 2.45) is 0 Å². The summed E-state index contributed by atoms with van der Waals surface area (Å²) in [5.74, 6) is 1.22. The van der Waals surface area contributed by atoms with E-state index < -0.39 is 0 Å². The van der Waals surface area contributed by atoms with Gasteiger partial charge in [0.15, 0.2) is 0 Å². The van der Waals surface area contributed by atoms with Gasteiger partial charge in [-0.1, -0.05) is 18.2 Å². The van der Waals surface area contributed by atoms with Gasteiger partial charge < -0.3 is 9.80 Å². The maximum atomic E-state index is 2.59. The zero-order valence-electron chi connectivity index (χ0n) is 12.1. The Balaban J connectivity index is 1.50. The first-order valence-corrected chi connectivity index (χ1v) is 8.42. The molecule has 0 spiro atoms. The SMILES string of the molecule is CN(CCCSc1ccccc1)CCN1CCCC1. The Morgan fingerprint density at radius 2 is 1.84 bits per heavy atom. The minimum absolute atomic E-state index is 1.22. The topological polar surface area (TPSA) is 6.48 Å². The number of likely N-dealkylation sites (tertiary alicyclic amines) is 1. The van der Waals surface area contributed by atoms with Crippen LogP contribution in [0, 0.1) is 0 Å². The number of hydrogen-bond donors (Lipinski definition) is 0. The summed E-state index contributed by atoms with van der Waals surface area (Å²) in [5, 5.41) is 0. The zero-order valence-corrected chi connectivity index (χ0v) is 12.9. The van der Waals surface area contributed by atoms with Gasteiger partial charge in [-0.15, -0.1) is 11.8 Å². The lowest BCUT2D eigenvalue weighted by Gasteiger charge is -2.21. The molecule has 19 heavy (non-hydrogen) atoms. The summed E-state index contributed by atoms with van der Waals surface area (Å²) in [6, 6.07) is 10.7. The average Bonchev–Trinajstić information content (AvgIpc) is 2.96. The standard InChI is InChI=1S/C16H26N2S/c1-17(13-14-18-11-5-6-12-18)10-7-15-19-16-8-3-2-4-9-16/h2-4,8-9H,5-7,10-15H2,1H3. The fourth-order valence-corrected chi connectivity index (χ4v) is 3.33. The number of rotatable bonds is 8. The lowest BCUT2D eigenvalue weighted by molar-refractivity contribution is 0.258. The molecule has 2 nitrogen and oxygen atoms in total. The van der Waals surface area contributed by atoms with E-state index in [0.29, 0.717) is 0 Å². The van der Waals surface area contributed by atoms with Gasteiger partial charge in [0.05, 0.1) is 0 Å². The van der Waals surface area contributed by atoms with Crippen LogP contribution in [0.2, 0.25) is 0 Å². The Bertz CT molecular complexity index is 336. The molecule has 1 aromatic carbocycles. The van der Waals surface area contributed by atoms with Gasteiger partial charge >= 0.3 is 0 Å². The molecule has 0 amide bonds. The first-order chi connectivity index (χ1) is 9.34. The smallest absolute Gasteiger partial charge is 0.0109 e. The van der Waals surface area contributed by atoms with Gasteiger partial charge in [0, 0.05) is 18.0 Å². The molecule has 106 valence electrons. The Morgan fingerprint density at radius 3 is 2.58 bits per heavy atom. The highest BCUT2D eigenvalue weighted by atomic mass is 32.2. The predicted octanol–water partition coefficient (Wildman–Crippen LogP) is 3.20. The van der Waals surface area contributed by atoms with Crippen LogP contribution in [0.25, 0.3) is 0 Å². The van der Waals surface area contributed by atoms with Gasteiger partial charge in [-0.25, -0.2) is 0 Å². The Labute approximate surface area is 122 Å². The molecule has 3 heteroatoms. The van der Waals surface area contributed by atoms with Crippen LogP contribution in [0.5, 0.6) is 0 Å². The van der Waals surface area contributed by atoms with E-state index in [9.17, 15) is 0 Å². The maximum Gasteiger partial charge on any atom is 0.0109 e. The van der Waals surface area contributed by atoms with E-state index in [-0.39, 0.29) is 0 Å². The summed E-state index contributed by atoms with van der Waals surface area (Å²) >= 11 is 1.97. The molecular formula is C16H26N2S. The number of nitrogens with zero attached hydrogens (tertiary/aromatic N) is 2. The molecule has 2 rings (SSSR count). The van der Waals surface area contributed by atoms with E-state index in [0.717, 1.165) is 0 Å². The zero-order chi connectivity index (χ0) is 13.3. The molecule has 0 radical (unpaired) electrons. The minimum atomic E-state index is 1.22. The first kappa shape index (κ1) is 14.9. The third-order valence-corrected chi connectivity index (χ3v) is 4.79. The normalized spacial score (nSPS) is 16.3. The van der Waals surface area contributed by atoms with Crippen molar-refractivity contribution in [3.63, 3.8) is 0 Å². The number of thioether (sulfide) groups is 1. The second kappa shape index (κ2) is 8.62. The van der Waals surface area contributed by atoms with Crippen LogP contribution in [0.3, 0.4) is 0 Å². The van der Waals surface area contributed by atoms with Crippen molar-refractivity contribution in [2.75, 3.05) is 45.5 Å². The molecule has 0 bridgehead atoms. The summed E-state index contributed by atoms with van der Waals surface area (Å²) < 4.78 is 0. The molecule has 0 N–H and O–H groups in total. The van der Waals surface area contributed by atoms with Crippen LogP contribution in [0.15, 0.2) is 35.2 Å². The van der Waals surface area contributed by atoms with E-state index in [4.69, 9.17) is 0 Å². The van der Waals surface area contributed by atoms with Gasteiger partial charge in [0.25, 0.3) is 0 Å². The van der Waals surface area contributed by atoms with Crippen LogP contribution in [-0.4, -0.2) is 55.3 Å². The molecule has 0 unspecified atom stereocenters. The lowest BCUT2D eigenvalue weighted by atomic mass is 10.4. The van der Waals surface area contributed by atoms with Crippen LogP contribution in [0.1, 0.15) is 19.3 Å². The number of benzene rings is 1. The molecule has 1 saturated heterocycles. The van der Waals surface area contributed by atoms with Crippen molar-refractivity contribution in [1.29, 1.82) is 0 Å². The Hall–Kier alpha value is -0.510. The van der Waals surface area contributed by atoms with Gasteiger partial charge in [-0.05, 0) is 63.8 Å². The van der Waals surface area contributed by atoms with Crippen molar-refractivity contribution in [1.82, 2.24) is 9.80 Å². The second-order valence-electron chi connectivity index (χ2n) is 5.37. The molecule has 1 heterocycles. The maximum absolute atomic E-state index is 2.59. The van der Waals surface area contributed by atoms with Gasteiger partial charge in [0.1, 0.15) is 0 Å². The third kappa shape index (κ3) is 5.98. The molecule has 0 aromatic heterocycles. The van der Waals surface area contributed by atoms with Gasteiger partial charge in [0.2, 0.25) is 0 Å². The summed E-state index contributed by atoms with van der Waals surface area (Å²) in [5.41, 5.74) is 0. The van der Waals surface area contributed by atoms with Crippen molar-refractivity contribution < 1.29 is 0 Å². The van der Waals surface area contributed by atoms with E-state index in [1.807, 2.05) is 11.8 Å². The summed E-state index contributed by atoms with van der Waals surface area (Å²) in [4.78, 5) is 6.46. The van der Waals surface area contributed by atoms with E-state index >= 15 is 0 Å². The molecule has 1 fully saturated rings. The molecular weight excluding hydrogens is 252 g/mol. The summed E-state index contributed by atoms with van der Waals surface area (Å²) in [6.07, 6.45) is 4.07. The number of hydrogen-bond acceptors (Lipinski definition) is 3. The Morgan fingerprint density at radius 1 is 1.11 bits per heavy atom. The van der Waals surface area contributed by atoms with E-state index in [1.165, 1.54) is 62.6 Å². The van der Waals surface area contributed by atoms with Crippen molar-refractivity contribution in [3.8, 4) is 0 Å². The predicted molar refractivity (Wildman–Crippen MR) is 85.0 cm³/mol. The highest BCUT2D eigenvalue weighted by Crippen LogP contribution is 2.17. The molecule has 0 aliphatic carbocycles. The lowest BCUT2D eigenvalue weighted by Crippen LogP contribution is -2.32. The van der Waals surface area contributed by atoms with Crippen LogP contribution < -0.4 is 0 Å². The minimum Gasteiger partial charge on any atom is -0.305 e. The largest absolute Gasteiger partial charge is 0.305 e. The third-order valence-electron chi connectivity index (χ3n) is 3.69. The number of likely N-dealkylation sites (N-methyl/N-ethyl adjacent to an activating group) is 1. The molecule has 0 saturated carbocycles.